The van der Waals surface area contributed by atoms with Gasteiger partial charge in [0.2, 0.25) is 5.91 Å². The average Bonchev–Trinajstić information content (AvgIpc) is 3.05. The van der Waals surface area contributed by atoms with Gasteiger partial charge in [0.05, 0.1) is 11.0 Å². The third kappa shape index (κ3) is 6.16. The summed E-state index contributed by atoms with van der Waals surface area (Å²) in [7, 11) is 4.16. The molecule has 0 aliphatic rings. The number of fused-ring (bicyclic) bond motifs is 1. The molecular formula is C24H32N4O. The van der Waals surface area contributed by atoms with Gasteiger partial charge in [0, 0.05) is 32.5 Å². The molecule has 0 aliphatic carbocycles. The first-order valence-electron chi connectivity index (χ1n) is 10.4. The van der Waals surface area contributed by atoms with E-state index in [2.05, 4.69) is 78.3 Å². The summed E-state index contributed by atoms with van der Waals surface area (Å²) in [5, 5.41) is 3.06. The Morgan fingerprint density at radius 1 is 1.07 bits per heavy atom. The quantitative estimate of drug-likeness (QED) is 0.574. The van der Waals surface area contributed by atoms with Crippen LogP contribution in [0.15, 0.2) is 48.5 Å². The Bertz CT molecular complexity index is 928. The molecule has 1 aromatic heterocycles. The van der Waals surface area contributed by atoms with E-state index in [4.69, 9.17) is 4.98 Å². The van der Waals surface area contributed by atoms with Gasteiger partial charge in [-0.1, -0.05) is 42.0 Å². The molecular weight excluding hydrogens is 360 g/mol. The van der Waals surface area contributed by atoms with Crippen LogP contribution >= 0.6 is 0 Å². The number of aryl methyl sites for hydroxylation is 2. The second kappa shape index (κ2) is 10.2. The predicted molar refractivity (Wildman–Crippen MR) is 119 cm³/mol. The van der Waals surface area contributed by atoms with Crippen molar-refractivity contribution in [3.63, 3.8) is 0 Å². The van der Waals surface area contributed by atoms with E-state index in [0.717, 1.165) is 49.2 Å². The fraction of sp³-hybridized carbons (Fsp3) is 0.417. The zero-order chi connectivity index (χ0) is 20.6. The molecule has 0 fully saturated rings. The summed E-state index contributed by atoms with van der Waals surface area (Å²) in [4.78, 5) is 19.2. The van der Waals surface area contributed by atoms with E-state index in [9.17, 15) is 4.79 Å². The van der Waals surface area contributed by atoms with Crippen LogP contribution in [0.1, 0.15) is 29.8 Å². The number of nitrogens with one attached hydrogen (secondary N) is 1. The van der Waals surface area contributed by atoms with E-state index >= 15 is 0 Å². The molecule has 1 amide bonds. The lowest BCUT2D eigenvalue weighted by atomic mass is 10.1. The molecule has 29 heavy (non-hydrogen) atoms. The molecule has 0 aliphatic heterocycles. The molecule has 0 unspecified atom stereocenters. The van der Waals surface area contributed by atoms with Crippen LogP contribution in [-0.2, 0) is 24.2 Å². The van der Waals surface area contributed by atoms with E-state index in [1.165, 1.54) is 11.1 Å². The van der Waals surface area contributed by atoms with Gasteiger partial charge in [0.15, 0.2) is 0 Å². The van der Waals surface area contributed by atoms with Crippen molar-refractivity contribution < 1.29 is 4.79 Å². The molecule has 1 heterocycles. The summed E-state index contributed by atoms with van der Waals surface area (Å²) >= 11 is 0. The first-order chi connectivity index (χ1) is 14.0. The van der Waals surface area contributed by atoms with Gasteiger partial charge < -0.3 is 14.8 Å². The van der Waals surface area contributed by atoms with E-state index < -0.39 is 0 Å². The minimum atomic E-state index is 0.119. The highest BCUT2D eigenvalue weighted by Gasteiger charge is 2.11. The number of rotatable bonds is 10. The van der Waals surface area contributed by atoms with Crippen molar-refractivity contribution in [3.8, 4) is 0 Å². The van der Waals surface area contributed by atoms with Crippen LogP contribution < -0.4 is 5.32 Å². The molecule has 0 saturated heterocycles. The van der Waals surface area contributed by atoms with Gasteiger partial charge in [-0.3, -0.25) is 4.79 Å². The largest absolute Gasteiger partial charge is 0.356 e. The number of amides is 1. The lowest BCUT2D eigenvalue weighted by Crippen LogP contribution is -2.27. The second-order valence-corrected chi connectivity index (χ2v) is 7.91. The van der Waals surface area contributed by atoms with Crippen molar-refractivity contribution in [3.05, 3.63) is 65.5 Å². The van der Waals surface area contributed by atoms with Crippen molar-refractivity contribution in [1.29, 1.82) is 0 Å². The number of aromatic nitrogens is 2. The maximum absolute atomic E-state index is 12.2. The first kappa shape index (κ1) is 21.1. The second-order valence-electron chi connectivity index (χ2n) is 7.91. The molecule has 0 atom stereocenters. The monoisotopic (exact) mass is 392 g/mol. The fourth-order valence-corrected chi connectivity index (χ4v) is 3.48. The lowest BCUT2D eigenvalue weighted by molar-refractivity contribution is -0.121. The van der Waals surface area contributed by atoms with Crippen LogP contribution in [0, 0.1) is 6.92 Å². The maximum atomic E-state index is 12.2. The number of benzene rings is 2. The number of carbonyl (C=O) groups excluding carboxylic acids is 1. The number of hydrogen-bond acceptors (Lipinski definition) is 3. The Kier molecular flexibility index (Phi) is 7.42. The van der Waals surface area contributed by atoms with Crippen LogP contribution in [0.5, 0.6) is 0 Å². The Morgan fingerprint density at radius 3 is 2.59 bits per heavy atom. The smallest absolute Gasteiger partial charge is 0.220 e. The first-order valence-corrected chi connectivity index (χ1v) is 10.4. The summed E-state index contributed by atoms with van der Waals surface area (Å²) in [6.45, 7) is 4.56. The Balaban J connectivity index is 1.49. The zero-order valence-electron chi connectivity index (χ0n) is 17.8. The summed E-state index contributed by atoms with van der Waals surface area (Å²) in [6, 6.07) is 16.8. The van der Waals surface area contributed by atoms with Gasteiger partial charge >= 0.3 is 0 Å². The van der Waals surface area contributed by atoms with Crippen LogP contribution in [0.25, 0.3) is 11.0 Å². The highest BCUT2D eigenvalue weighted by Crippen LogP contribution is 2.16. The topological polar surface area (TPSA) is 50.2 Å². The maximum Gasteiger partial charge on any atom is 0.220 e. The van der Waals surface area contributed by atoms with Crippen molar-refractivity contribution in [2.45, 2.75) is 39.2 Å². The standard InChI is InChI=1S/C24H32N4O/c1-19-11-13-20(14-12-19)7-6-10-24(29)25-16-15-23-26-21-8-4-5-9-22(21)28(23)18-17-27(2)3/h4-5,8-9,11-14H,6-7,10,15-18H2,1-3H3,(H,25,29). The Hall–Kier alpha value is -2.66. The number of nitrogens with zero attached hydrogens (tertiary/aromatic N) is 3. The van der Waals surface area contributed by atoms with Crippen molar-refractivity contribution in [2.24, 2.45) is 0 Å². The van der Waals surface area contributed by atoms with Gasteiger partial charge in [-0.2, -0.15) is 0 Å². The number of para-hydroxylation sites is 2. The van der Waals surface area contributed by atoms with Crippen LogP contribution in [-0.4, -0.2) is 47.5 Å². The summed E-state index contributed by atoms with van der Waals surface area (Å²) < 4.78 is 2.28. The van der Waals surface area contributed by atoms with Crippen molar-refractivity contribution in [1.82, 2.24) is 19.8 Å². The van der Waals surface area contributed by atoms with Gasteiger partial charge in [-0.05, 0) is 51.6 Å². The average molecular weight is 393 g/mol. The molecule has 154 valence electrons. The highest BCUT2D eigenvalue weighted by atomic mass is 16.1. The van der Waals surface area contributed by atoms with Gasteiger partial charge in [-0.15, -0.1) is 0 Å². The molecule has 2 aromatic carbocycles. The molecule has 0 radical (unpaired) electrons. The van der Waals surface area contributed by atoms with Gasteiger partial charge in [-0.25, -0.2) is 4.98 Å². The van der Waals surface area contributed by atoms with Gasteiger partial charge in [0.25, 0.3) is 0 Å². The Morgan fingerprint density at radius 2 is 1.83 bits per heavy atom. The number of hydrogen-bond donors (Lipinski definition) is 1. The van der Waals surface area contributed by atoms with Gasteiger partial charge in [0.1, 0.15) is 5.82 Å². The molecule has 5 heteroatoms. The lowest BCUT2D eigenvalue weighted by Gasteiger charge is -2.13. The summed E-state index contributed by atoms with van der Waals surface area (Å²) in [6.07, 6.45) is 3.11. The van der Waals surface area contributed by atoms with Crippen LogP contribution in [0.4, 0.5) is 0 Å². The SMILES string of the molecule is Cc1ccc(CCCC(=O)NCCc2nc3ccccc3n2CCN(C)C)cc1. The highest BCUT2D eigenvalue weighted by molar-refractivity contribution is 5.76. The van der Waals surface area contributed by atoms with E-state index in [1.807, 2.05) is 6.07 Å². The fourth-order valence-electron chi connectivity index (χ4n) is 3.48. The van der Waals surface area contributed by atoms with Crippen LogP contribution in [0.3, 0.4) is 0 Å². The number of likely N-dealkylation sites (N-methyl/N-ethyl adjacent to an activating group) is 1. The van der Waals surface area contributed by atoms with E-state index in [-0.39, 0.29) is 5.91 Å². The normalized spacial score (nSPS) is 11.3. The minimum Gasteiger partial charge on any atom is -0.356 e. The zero-order valence-corrected chi connectivity index (χ0v) is 17.8. The Labute approximate surface area is 173 Å². The van der Waals surface area contributed by atoms with E-state index in [1.54, 1.807) is 0 Å². The predicted octanol–water partition coefficient (Wildman–Crippen LogP) is 3.59. The van der Waals surface area contributed by atoms with Crippen molar-refractivity contribution >= 4 is 16.9 Å². The molecule has 0 saturated carbocycles. The number of imidazole rings is 1. The molecule has 1 N–H and O–H groups in total. The van der Waals surface area contributed by atoms with Crippen molar-refractivity contribution in [2.75, 3.05) is 27.2 Å². The van der Waals surface area contributed by atoms with Crippen LogP contribution in [0.2, 0.25) is 0 Å². The van der Waals surface area contributed by atoms with E-state index in [0.29, 0.717) is 13.0 Å². The molecule has 0 bridgehead atoms. The molecule has 3 rings (SSSR count). The number of carbonyl (C=O) groups is 1. The third-order valence-corrected chi connectivity index (χ3v) is 5.17. The summed E-state index contributed by atoms with van der Waals surface area (Å²) in [5.74, 6) is 1.15. The molecule has 3 aromatic rings. The molecule has 0 spiro atoms. The third-order valence-electron chi connectivity index (χ3n) is 5.17. The minimum absolute atomic E-state index is 0.119. The summed E-state index contributed by atoms with van der Waals surface area (Å²) in [5.41, 5.74) is 4.74. The molecule has 5 nitrogen and oxygen atoms in total.